The smallest absolute Gasteiger partial charge is 0.339 e. The largest absolute Gasteiger partial charge is 0.467 e. The standard InChI is InChI=1S/C29H42O9/c1-9-16(4)10-11-28(7)17(5)23(32)25(33)29-20(24(26(34)35-8)38-27(29)36-18(6)30)13-19(14-21(28)29)37-22(31)12-15(2)3/h9-10,13,15,17,19,21,23-25,27,32-33H,1,11-12,14H2,2-8H3/t17-,19?,21?,23?,24?,25?,27?,28-,29-/m0/s1. The van der Waals surface area contributed by atoms with Crippen molar-refractivity contribution in [1.82, 2.24) is 0 Å². The van der Waals surface area contributed by atoms with Gasteiger partial charge >= 0.3 is 17.9 Å². The van der Waals surface area contributed by atoms with Gasteiger partial charge in [0, 0.05) is 13.3 Å². The summed E-state index contributed by atoms with van der Waals surface area (Å²) in [6.45, 7) is 14.7. The van der Waals surface area contributed by atoms with Gasteiger partial charge in [0.2, 0.25) is 6.29 Å². The van der Waals surface area contributed by atoms with Crippen LogP contribution in [-0.4, -0.2) is 65.9 Å². The van der Waals surface area contributed by atoms with Gasteiger partial charge in [-0.3, -0.25) is 9.59 Å². The van der Waals surface area contributed by atoms with E-state index in [0.717, 1.165) is 5.57 Å². The fraction of sp³-hybridized carbons (Fsp3) is 0.690. The van der Waals surface area contributed by atoms with Crippen LogP contribution in [0, 0.1) is 28.6 Å². The van der Waals surface area contributed by atoms with Crippen LogP contribution in [0.1, 0.15) is 60.8 Å². The van der Waals surface area contributed by atoms with Crippen molar-refractivity contribution in [2.45, 2.75) is 91.5 Å². The first-order chi connectivity index (χ1) is 17.7. The highest BCUT2D eigenvalue weighted by Gasteiger charge is 2.73. The van der Waals surface area contributed by atoms with Gasteiger partial charge in [-0.15, -0.1) is 0 Å². The number of carbonyl (C=O) groups is 3. The van der Waals surface area contributed by atoms with Gasteiger partial charge in [-0.2, -0.15) is 0 Å². The summed E-state index contributed by atoms with van der Waals surface area (Å²) in [6.07, 6.45) is 0.258. The summed E-state index contributed by atoms with van der Waals surface area (Å²) in [5.41, 5.74) is -0.936. The van der Waals surface area contributed by atoms with Gasteiger partial charge in [-0.05, 0) is 54.6 Å². The summed E-state index contributed by atoms with van der Waals surface area (Å²) in [5.74, 6) is -2.64. The molecule has 1 saturated carbocycles. The molecule has 9 atom stereocenters. The van der Waals surface area contributed by atoms with E-state index in [1.54, 1.807) is 12.2 Å². The topological polar surface area (TPSA) is 129 Å². The lowest BCUT2D eigenvalue weighted by atomic mass is 9.44. The second-order valence-corrected chi connectivity index (χ2v) is 11.5. The predicted octanol–water partition coefficient (Wildman–Crippen LogP) is 3.24. The molecule has 9 heteroatoms. The van der Waals surface area contributed by atoms with Gasteiger partial charge < -0.3 is 29.2 Å². The van der Waals surface area contributed by atoms with Crippen LogP contribution < -0.4 is 0 Å². The lowest BCUT2D eigenvalue weighted by Crippen LogP contribution is -2.68. The van der Waals surface area contributed by atoms with E-state index in [1.807, 2.05) is 40.7 Å². The number of hydrogen-bond acceptors (Lipinski definition) is 9. The highest BCUT2D eigenvalue weighted by molar-refractivity contribution is 5.80. The Balaban J connectivity index is 2.27. The Kier molecular flexibility index (Phi) is 8.95. The zero-order chi connectivity index (χ0) is 28.6. The van der Waals surface area contributed by atoms with E-state index in [4.69, 9.17) is 18.9 Å². The Morgan fingerprint density at radius 1 is 1.24 bits per heavy atom. The molecule has 0 aromatic heterocycles. The first-order valence-corrected chi connectivity index (χ1v) is 13.2. The molecule has 38 heavy (non-hydrogen) atoms. The molecule has 212 valence electrons. The highest BCUT2D eigenvalue weighted by atomic mass is 16.7. The number of rotatable bonds is 8. The predicted molar refractivity (Wildman–Crippen MR) is 138 cm³/mol. The molecule has 9 nitrogen and oxygen atoms in total. The van der Waals surface area contributed by atoms with Crippen molar-refractivity contribution in [3.05, 3.63) is 36.0 Å². The number of aliphatic hydroxyl groups excluding tert-OH is 2. The molecule has 2 fully saturated rings. The van der Waals surface area contributed by atoms with Gasteiger partial charge in [-0.25, -0.2) is 4.79 Å². The normalized spacial score (nSPS) is 38.5. The summed E-state index contributed by atoms with van der Waals surface area (Å²) < 4.78 is 22.5. The van der Waals surface area contributed by atoms with E-state index in [1.165, 1.54) is 14.0 Å². The van der Waals surface area contributed by atoms with E-state index in [0.29, 0.717) is 12.0 Å². The van der Waals surface area contributed by atoms with E-state index in [9.17, 15) is 24.6 Å². The number of methoxy groups -OCH3 is 1. The molecule has 0 bridgehead atoms. The van der Waals surface area contributed by atoms with E-state index >= 15 is 0 Å². The Hall–Kier alpha value is -2.49. The Morgan fingerprint density at radius 3 is 2.45 bits per heavy atom. The van der Waals surface area contributed by atoms with E-state index in [-0.39, 0.29) is 24.7 Å². The minimum atomic E-state index is -1.47. The minimum absolute atomic E-state index is 0.0905. The van der Waals surface area contributed by atoms with Crippen molar-refractivity contribution in [3.63, 3.8) is 0 Å². The number of aliphatic hydroxyl groups is 2. The molecule has 6 unspecified atom stereocenters. The summed E-state index contributed by atoms with van der Waals surface area (Å²) >= 11 is 0. The first kappa shape index (κ1) is 30.1. The van der Waals surface area contributed by atoms with Gasteiger partial charge in [0.25, 0.3) is 0 Å². The molecule has 1 aliphatic heterocycles. The monoisotopic (exact) mass is 534 g/mol. The maximum atomic E-state index is 12.9. The van der Waals surface area contributed by atoms with Gasteiger partial charge in [-0.1, -0.05) is 52.0 Å². The van der Waals surface area contributed by atoms with Crippen LogP contribution in [0.5, 0.6) is 0 Å². The fourth-order valence-electron chi connectivity index (χ4n) is 6.55. The van der Waals surface area contributed by atoms with Crippen molar-refractivity contribution in [1.29, 1.82) is 0 Å². The molecule has 2 N–H and O–H groups in total. The molecule has 0 amide bonds. The molecule has 3 aliphatic rings. The third kappa shape index (κ3) is 5.08. The summed E-state index contributed by atoms with van der Waals surface area (Å²) in [5, 5.41) is 23.2. The number of allylic oxidation sites excluding steroid dienone is 3. The van der Waals surface area contributed by atoms with Crippen molar-refractivity contribution >= 4 is 17.9 Å². The van der Waals surface area contributed by atoms with E-state index in [2.05, 4.69) is 6.58 Å². The quantitative estimate of drug-likeness (QED) is 0.209. The van der Waals surface area contributed by atoms with Gasteiger partial charge in [0.05, 0.1) is 24.7 Å². The number of ether oxygens (including phenoxy) is 4. The number of carbonyl (C=O) groups excluding carboxylic acids is 3. The Labute approximate surface area is 224 Å². The maximum absolute atomic E-state index is 12.9. The zero-order valence-corrected chi connectivity index (χ0v) is 23.4. The van der Waals surface area contributed by atoms with Crippen LogP contribution in [0.2, 0.25) is 0 Å². The molecule has 3 rings (SSSR count). The molecule has 2 aliphatic carbocycles. The summed E-state index contributed by atoms with van der Waals surface area (Å²) in [7, 11) is 1.21. The van der Waals surface area contributed by atoms with Crippen LogP contribution in [0.3, 0.4) is 0 Å². The summed E-state index contributed by atoms with van der Waals surface area (Å²) in [6, 6.07) is 0. The molecular weight excluding hydrogens is 492 g/mol. The first-order valence-electron chi connectivity index (χ1n) is 13.2. The highest BCUT2D eigenvalue weighted by Crippen LogP contribution is 2.67. The fourth-order valence-corrected chi connectivity index (χ4v) is 6.55. The second-order valence-electron chi connectivity index (χ2n) is 11.5. The molecule has 0 aromatic carbocycles. The number of hydrogen-bond donors (Lipinski definition) is 2. The molecule has 1 heterocycles. The van der Waals surface area contributed by atoms with Crippen molar-refractivity contribution in [2.75, 3.05) is 7.11 Å². The Morgan fingerprint density at radius 2 is 1.89 bits per heavy atom. The van der Waals surface area contributed by atoms with Crippen LogP contribution in [0.4, 0.5) is 0 Å². The Bertz CT molecular complexity index is 1010. The second kappa shape index (κ2) is 11.3. The molecule has 0 aromatic rings. The van der Waals surface area contributed by atoms with Crippen LogP contribution >= 0.6 is 0 Å². The number of esters is 3. The lowest BCUT2D eigenvalue weighted by molar-refractivity contribution is -0.265. The van der Waals surface area contributed by atoms with Gasteiger partial charge in [0.1, 0.15) is 6.10 Å². The third-order valence-corrected chi connectivity index (χ3v) is 8.74. The van der Waals surface area contributed by atoms with Crippen LogP contribution in [-0.2, 0) is 33.3 Å². The van der Waals surface area contributed by atoms with Crippen LogP contribution in [0.15, 0.2) is 36.0 Å². The molecular formula is C29H42O9. The average Bonchev–Trinajstić information content (AvgIpc) is 3.17. The molecule has 1 saturated heterocycles. The van der Waals surface area contributed by atoms with Crippen LogP contribution in [0.25, 0.3) is 0 Å². The van der Waals surface area contributed by atoms with E-state index < -0.39 is 65.3 Å². The zero-order valence-electron chi connectivity index (χ0n) is 23.4. The SMILES string of the molecule is C=CC(C)=CC[C@]1(C)C2CC(OC(=O)CC(C)C)C=C3C(C(=O)OC)OC(OC(C)=O)[C@@]32C(O)C(O)[C@@H]1C. The van der Waals surface area contributed by atoms with Crippen molar-refractivity contribution < 1.29 is 43.5 Å². The average molecular weight is 535 g/mol. The maximum Gasteiger partial charge on any atom is 0.339 e. The minimum Gasteiger partial charge on any atom is -0.467 e. The van der Waals surface area contributed by atoms with Crippen molar-refractivity contribution in [3.8, 4) is 0 Å². The van der Waals surface area contributed by atoms with Crippen molar-refractivity contribution in [2.24, 2.45) is 28.6 Å². The molecule has 0 radical (unpaired) electrons. The third-order valence-electron chi connectivity index (χ3n) is 8.74. The molecule has 1 spiro atoms. The van der Waals surface area contributed by atoms with Gasteiger partial charge in [0.15, 0.2) is 6.10 Å². The summed E-state index contributed by atoms with van der Waals surface area (Å²) in [4.78, 5) is 37.8. The lowest BCUT2D eigenvalue weighted by Gasteiger charge is -2.61.